The van der Waals surface area contributed by atoms with Gasteiger partial charge in [-0.25, -0.2) is 4.98 Å². The number of ether oxygens (including phenoxy) is 1. The fourth-order valence-electron chi connectivity index (χ4n) is 3.56. The average molecular weight is 289 g/mol. The lowest BCUT2D eigenvalue weighted by molar-refractivity contribution is -0.130. The van der Waals surface area contributed by atoms with Crippen molar-refractivity contribution >= 4 is 5.91 Å². The molecule has 0 radical (unpaired) electrons. The van der Waals surface area contributed by atoms with Gasteiger partial charge < -0.3 is 15.4 Å². The summed E-state index contributed by atoms with van der Waals surface area (Å²) in [7, 11) is 1.61. The Hall–Kier alpha value is -1.62. The van der Waals surface area contributed by atoms with Crippen molar-refractivity contribution < 1.29 is 9.53 Å². The molecule has 114 valence electrons. The van der Waals surface area contributed by atoms with Gasteiger partial charge in [-0.05, 0) is 30.9 Å². The van der Waals surface area contributed by atoms with Crippen LogP contribution in [0.2, 0.25) is 0 Å². The number of carbonyl (C=O) groups is 1. The van der Waals surface area contributed by atoms with E-state index in [-0.39, 0.29) is 17.4 Å². The van der Waals surface area contributed by atoms with Crippen LogP contribution in [0.3, 0.4) is 0 Å². The Labute approximate surface area is 125 Å². The number of hydrogen-bond donors (Lipinski definition) is 2. The molecule has 2 fully saturated rings. The fourth-order valence-corrected chi connectivity index (χ4v) is 3.56. The first-order valence-electron chi connectivity index (χ1n) is 7.74. The molecule has 1 aromatic rings. The molecule has 0 bridgehead atoms. The molecule has 1 saturated carbocycles. The van der Waals surface area contributed by atoms with E-state index in [2.05, 4.69) is 15.6 Å². The second-order valence-corrected chi connectivity index (χ2v) is 6.13. The van der Waals surface area contributed by atoms with Crippen molar-refractivity contribution in [2.75, 3.05) is 20.2 Å². The SMILES string of the molecule is COc1cc(CCNC(=O)C2NCC23CCCC3)ccn1. The number of methoxy groups -OCH3 is 1. The summed E-state index contributed by atoms with van der Waals surface area (Å²) < 4.78 is 5.10. The molecule has 5 nitrogen and oxygen atoms in total. The zero-order valence-corrected chi connectivity index (χ0v) is 12.5. The summed E-state index contributed by atoms with van der Waals surface area (Å²) in [6.07, 6.45) is 7.45. The number of hydrogen-bond acceptors (Lipinski definition) is 4. The second kappa shape index (κ2) is 6.02. The third kappa shape index (κ3) is 2.88. The van der Waals surface area contributed by atoms with Gasteiger partial charge in [0.25, 0.3) is 0 Å². The fraction of sp³-hybridized carbons (Fsp3) is 0.625. The molecule has 2 aliphatic rings. The van der Waals surface area contributed by atoms with Crippen molar-refractivity contribution in [3.05, 3.63) is 23.9 Å². The number of nitrogens with one attached hydrogen (secondary N) is 2. The molecule has 1 spiro atoms. The summed E-state index contributed by atoms with van der Waals surface area (Å²) in [5, 5.41) is 6.36. The summed E-state index contributed by atoms with van der Waals surface area (Å²) in [6.45, 7) is 1.66. The molecule has 1 saturated heterocycles. The molecule has 5 heteroatoms. The quantitative estimate of drug-likeness (QED) is 0.857. The maximum Gasteiger partial charge on any atom is 0.237 e. The molecule has 1 aliphatic carbocycles. The summed E-state index contributed by atoms with van der Waals surface area (Å²) >= 11 is 0. The van der Waals surface area contributed by atoms with E-state index in [9.17, 15) is 4.79 Å². The monoisotopic (exact) mass is 289 g/mol. The molecule has 1 aromatic heterocycles. The number of carbonyl (C=O) groups excluding carboxylic acids is 1. The van der Waals surface area contributed by atoms with Crippen LogP contribution in [0.4, 0.5) is 0 Å². The van der Waals surface area contributed by atoms with Gasteiger partial charge in [-0.3, -0.25) is 4.79 Å². The molecular formula is C16H23N3O2. The molecule has 1 atom stereocenters. The van der Waals surface area contributed by atoms with E-state index in [4.69, 9.17) is 4.74 Å². The number of amides is 1. The summed E-state index contributed by atoms with van der Waals surface area (Å²) in [4.78, 5) is 16.4. The molecule has 2 N–H and O–H groups in total. The maximum absolute atomic E-state index is 12.3. The van der Waals surface area contributed by atoms with Gasteiger partial charge in [-0.2, -0.15) is 0 Å². The minimum Gasteiger partial charge on any atom is -0.481 e. The summed E-state index contributed by atoms with van der Waals surface area (Å²) in [5.41, 5.74) is 1.38. The van der Waals surface area contributed by atoms with E-state index in [1.165, 1.54) is 25.7 Å². The highest BCUT2D eigenvalue weighted by Gasteiger charge is 2.51. The Kier molecular flexibility index (Phi) is 4.10. The predicted molar refractivity (Wildman–Crippen MR) is 80.2 cm³/mol. The second-order valence-electron chi connectivity index (χ2n) is 6.13. The Balaban J connectivity index is 1.48. The normalized spacial score (nSPS) is 22.8. The molecule has 1 aliphatic heterocycles. The van der Waals surface area contributed by atoms with Gasteiger partial charge in [-0.15, -0.1) is 0 Å². The van der Waals surface area contributed by atoms with Crippen LogP contribution in [0.5, 0.6) is 5.88 Å². The van der Waals surface area contributed by atoms with Crippen LogP contribution >= 0.6 is 0 Å². The van der Waals surface area contributed by atoms with Crippen molar-refractivity contribution in [3.8, 4) is 5.88 Å². The van der Waals surface area contributed by atoms with Crippen molar-refractivity contribution in [1.82, 2.24) is 15.6 Å². The van der Waals surface area contributed by atoms with E-state index >= 15 is 0 Å². The van der Waals surface area contributed by atoms with Gasteiger partial charge in [-0.1, -0.05) is 12.8 Å². The highest BCUT2D eigenvalue weighted by Crippen LogP contribution is 2.45. The summed E-state index contributed by atoms with van der Waals surface area (Å²) in [5.74, 6) is 0.772. The minimum absolute atomic E-state index is 0.0203. The lowest BCUT2D eigenvalue weighted by Crippen LogP contribution is -2.67. The molecule has 1 amide bonds. The van der Waals surface area contributed by atoms with E-state index < -0.39 is 0 Å². The first-order valence-corrected chi connectivity index (χ1v) is 7.74. The first kappa shape index (κ1) is 14.3. The van der Waals surface area contributed by atoms with Gasteiger partial charge in [0, 0.05) is 30.8 Å². The van der Waals surface area contributed by atoms with Crippen molar-refractivity contribution in [1.29, 1.82) is 0 Å². The smallest absolute Gasteiger partial charge is 0.237 e. The van der Waals surface area contributed by atoms with Crippen LogP contribution in [-0.4, -0.2) is 37.1 Å². The van der Waals surface area contributed by atoms with Crippen LogP contribution in [-0.2, 0) is 11.2 Å². The highest BCUT2D eigenvalue weighted by molar-refractivity contribution is 5.84. The largest absolute Gasteiger partial charge is 0.481 e. The van der Waals surface area contributed by atoms with Gasteiger partial charge in [0.15, 0.2) is 0 Å². The van der Waals surface area contributed by atoms with Crippen LogP contribution in [0, 0.1) is 5.41 Å². The molecular weight excluding hydrogens is 266 g/mol. The van der Waals surface area contributed by atoms with Crippen molar-refractivity contribution in [2.24, 2.45) is 5.41 Å². The van der Waals surface area contributed by atoms with Crippen LogP contribution in [0.1, 0.15) is 31.2 Å². The van der Waals surface area contributed by atoms with Gasteiger partial charge in [0.05, 0.1) is 13.2 Å². The number of rotatable bonds is 5. The highest BCUT2D eigenvalue weighted by atomic mass is 16.5. The zero-order valence-electron chi connectivity index (χ0n) is 12.5. The van der Waals surface area contributed by atoms with Crippen LogP contribution in [0.25, 0.3) is 0 Å². The molecule has 2 heterocycles. The predicted octanol–water partition coefficient (Wildman–Crippen LogP) is 1.28. The van der Waals surface area contributed by atoms with E-state index in [1.54, 1.807) is 13.3 Å². The zero-order chi connectivity index (χ0) is 14.7. The molecule has 1 unspecified atom stereocenters. The lowest BCUT2D eigenvalue weighted by atomic mass is 9.71. The maximum atomic E-state index is 12.3. The van der Waals surface area contributed by atoms with Crippen molar-refractivity contribution in [3.63, 3.8) is 0 Å². The van der Waals surface area contributed by atoms with Crippen molar-refractivity contribution in [2.45, 2.75) is 38.1 Å². The molecule has 0 aromatic carbocycles. The molecule has 21 heavy (non-hydrogen) atoms. The van der Waals surface area contributed by atoms with Crippen LogP contribution < -0.4 is 15.4 Å². The standard InChI is InChI=1S/C16H23N3O2/c1-21-13-10-12(4-8-17-13)5-9-18-15(20)14-16(11-19-14)6-2-3-7-16/h4,8,10,14,19H,2-3,5-7,9,11H2,1H3,(H,18,20). The topological polar surface area (TPSA) is 63.2 Å². The third-order valence-electron chi connectivity index (χ3n) is 4.85. The Morgan fingerprint density at radius 1 is 1.52 bits per heavy atom. The Bertz CT molecular complexity index is 512. The third-order valence-corrected chi connectivity index (χ3v) is 4.85. The first-order chi connectivity index (χ1) is 10.2. The molecule has 3 rings (SSSR count). The van der Waals surface area contributed by atoms with E-state index in [1.807, 2.05) is 12.1 Å². The Morgan fingerprint density at radius 3 is 3.00 bits per heavy atom. The number of pyridine rings is 1. The number of nitrogens with zero attached hydrogens (tertiary/aromatic N) is 1. The van der Waals surface area contributed by atoms with E-state index in [0.29, 0.717) is 12.4 Å². The lowest BCUT2D eigenvalue weighted by Gasteiger charge is -2.47. The number of aromatic nitrogens is 1. The van der Waals surface area contributed by atoms with Crippen LogP contribution in [0.15, 0.2) is 18.3 Å². The summed E-state index contributed by atoms with van der Waals surface area (Å²) in [6, 6.07) is 3.88. The average Bonchev–Trinajstić information content (AvgIpc) is 2.98. The Morgan fingerprint density at radius 2 is 2.33 bits per heavy atom. The minimum atomic E-state index is 0.0203. The van der Waals surface area contributed by atoms with Gasteiger partial charge in [0.2, 0.25) is 11.8 Å². The van der Waals surface area contributed by atoms with E-state index in [0.717, 1.165) is 18.5 Å². The van der Waals surface area contributed by atoms with Gasteiger partial charge in [0.1, 0.15) is 0 Å². The van der Waals surface area contributed by atoms with Gasteiger partial charge >= 0.3 is 0 Å².